The molecule has 0 bridgehead atoms. The number of aryl methyl sites for hydroxylation is 1. The maximum atomic E-state index is 13.5. The van der Waals surface area contributed by atoms with Crippen molar-refractivity contribution in [1.82, 2.24) is 0 Å². The zero-order valence-electron chi connectivity index (χ0n) is 11.4. The Kier molecular flexibility index (Phi) is 4.13. The van der Waals surface area contributed by atoms with Crippen LogP contribution in [0.5, 0.6) is 5.75 Å². The van der Waals surface area contributed by atoms with Crippen LogP contribution in [-0.2, 0) is 10.0 Å². The molecule has 21 heavy (non-hydrogen) atoms. The van der Waals surface area contributed by atoms with Crippen molar-refractivity contribution in [2.45, 2.75) is 11.8 Å². The number of halogens is 2. The minimum absolute atomic E-state index is 0.0352. The first-order valence-electron chi connectivity index (χ1n) is 5.96. The zero-order chi connectivity index (χ0) is 15.6. The zero-order valence-corrected chi connectivity index (χ0v) is 12.2. The van der Waals surface area contributed by atoms with E-state index < -0.39 is 27.3 Å². The van der Waals surface area contributed by atoms with Crippen LogP contribution in [0.1, 0.15) is 5.56 Å². The van der Waals surface area contributed by atoms with Gasteiger partial charge in [0.25, 0.3) is 10.0 Å². The van der Waals surface area contributed by atoms with E-state index in [0.29, 0.717) is 11.3 Å². The number of benzene rings is 2. The molecule has 0 fully saturated rings. The van der Waals surface area contributed by atoms with Crippen LogP contribution in [0, 0.1) is 18.6 Å². The summed E-state index contributed by atoms with van der Waals surface area (Å²) in [6, 6.07) is 7.63. The van der Waals surface area contributed by atoms with E-state index >= 15 is 0 Å². The summed E-state index contributed by atoms with van der Waals surface area (Å²) in [6.45, 7) is 1.58. The lowest BCUT2D eigenvalue weighted by Gasteiger charge is -2.12. The third-order valence-corrected chi connectivity index (χ3v) is 4.39. The SMILES string of the molecule is COc1ccc(S(=O)(=O)Nc2cccc(F)c2F)c(C)c1. The van der Waals surface area contributed by atoms with Gasteiger partial charge in [-0.3, -0.25) is 4.72 Å². The topological polar surface area (TPSA) is 55.4 Å². The Labute approximate surface area is 121 Å². The highest BCUT2D eigenvalue weighted by molar-refractivity contribution is 7.92. The Morgan fingerprint density at radius 1 is 1.14 bits per heavy atom. The van der Waals surface area contributed by atoms with Gasteiger partial charge in [0.15, 0.2) is 11.6 Å². The number of sulfonamides is 1. The highest BCUT2D eigenvalue weighted by Gasteiger charge is 2.20. The monoisotopic (exact) mass is 313 g/mol. The quantitative estimate of drug-likeness (QED) is 0.944. The molecule has 0 atom stereocenters. The summed E-state index contributed by atoms with van der Waals surface area (Å²) in [6.07, 6.45) is 0. The van der Waals surface area contributed by atoms with Gasteiger partial charge in [-0.2, -0.15) is 0 Å². The normalized spacial score (nSPS) is 11.2. The molecule has 0 saturated heterocycles. The molecule has 112 valence electrons. The van der Waals surface area contributed by atoms with Crippen molar-refractivity contribution in [3.8, 4) is 5.75 Å². The first-order chi connectivity index (χ1) is 9.85. The number of hydrogen-bond donors (Lipinski definition) is 1. The van der Waals surface area contributed by atoms with Gasteiger partial charge in [0.1, 0.15) is 5.75 Å². The smallest absolute Gasteiger partial charge is 0.262 e. The molecule has 1 N–H and O–H groups in total. The van der Waals surface area contributed by atoms with Gasteiger partial charge in [0.2, 0.25) is 0 Å². The third-order valence-electron chi connectivity index (χ3n) is 2.87. The summed E-state index contributed by atoms with van der Waals surface area (Å²) in [5.41, 5.74) is -0.0103. The third kappa shape index (κ3) is 3.13. The summed E-state index contributed by atoms with van der Waals surface area (Å²) >= 11 is 0. The molecule has 0 heterocycles. The van der Waals surface area contributed by atoms with Gasteiger partial charge in [0, 0.05) is 0 Å². The average Bonchev–Trinajstić information content (AvgIpc) is 2.43. The average molecular weight is 313 g/mol. The summed E-state index contributed by atoms with van der Waals surface area (Å²) < 4.78 is 58.2. The Morgan fingerprint density at radius 3 is 2.48 bits per heavy atom. The van der Waals surface area contributed by atoms with Crippen LogP contribution < -0.4 is 9.46 Å². The second-order valence-electron chi connectivity index (χ2n) is 4.34. The van der Waals surface area contributed by atoms with E-state index in [1.807, 2.05) is 4.72 Å². The van der Waals surface area contributed by atoms with E-state index in [0.717, 1.165) is 12.1 Å². The van der Waals surface area contributed by atoms with E-state index in [4.69, 9.17) is 4.74 Å². The van der Waals surface area contributed by atoms with Crippen molar-refractivity contribution >= 4 is 15.7 Å². The van der Waals surface area contributed by atoms with E-state index in [2.05, 4.69) is 0 Å². The number of methoxy groups -OCH3 is 1. The van der Waals surface area contributed by atoms with Gasteiger partial charge in [0.05, 0.1) is 17.7 Å². The maximum absolute atomic E-state index is 13.5. The first-order valence-corrected chi connectivity index (χ1v) is 7.45. The van der Waals surface area contributed by atoms with Crippen LogP contribution in [-0.4, -0.2) is 15.5 Å². The Hall–Kier alpha value is -2.15. The molecule has 2 aromatic carbocycles. The molecule has 0 saturated carbocycles. The molecular weight excluding hydrogens is 300 g/mol. The highest BCUT2D eigenvalue weighted by atomic mass is 32.2. The Bertz CT molecular complexity index is 776. The molecule has 0 aromatic heterocycles. The molecule has 2 rings (SSSR count). The fourth-order valence-electron chi connectivity index (χ4n) is 1.83. The largest absolute Gasteiger partial charge is 0.497 e. The van der Waals surface area contributed by atoms with E-state index in [1.54, 1.807) is 6.92 Å². The lowest BCUT2D eigenvalue weighted by Crippen LogP contribution is -2.15. The molecular formula is C14H13F2NO3S. The molecule has 0 aliphatic rings. The fourth-order valence-corrected chi connectivity index (χ4v) is 3.12. The van der Waals surface area contributed by atoms with Crippen molar-refractivity contribution in [3.63, 3.8) is 0 Å². The van der Waals surface area contributed by atoms with Gasteiger partial charge in [-0.15, -0.1) is 0 Å². The number of nitrogens with one attached hydrogen (secondary N) is 1. The van der Waals surface area contributed by atoms with Crippen LogP contribution >= 0.6 is 0 Å². The van der Waals surface area contributed by atoms with Gasteiger partial charge < -0.3 is 4.74 Å². The van der Waals surface area contributed by atoms with Gasteiger partial charge in [-0.05, 0) is 42.8 Å². The molecule has 7 heteroatoms. The van der Waals surface area contributed by atoms with Crippen molar-refractivity contribution in [1.29, 1.82) is 0 Å². The Morgan fingerprint density at radius 2 is 1.86 bits per heavy atom. The second kappa shape index (κ2) is 5.69. The molecule has 0 unspecified atom stereocenters. The van der Waals surface area contributed by atoms with Gasteiger partial charge in [-0.25, -0.2) is 17.2 Å². The number of ether oxygens (including phenoxy) is 1. The standard InChI is InChI=1S/C14H13F2NO3S/c1-9-8-10(20-2)6-7-13(9)21(18,19)17-12-5-3-4-11(15)14(12)16/h3-8,17H,1-2H3. The molecule has 2 aromatic rings. The van der Waals surface area contributed by atoms with Crippen LogP contribution in [0.15, 0.2) is 41.3 Å². The second-order valence-corrected chi connectivity index (χ2v) is 5.99. The number of rotatable bonds is 4. The van der Waals surface area contributed by atoms with Crippen LogP contribution in [0.4, 0.5) is 14.5 Å². The molecule has 0 amide bonds. The van der Waals surface area contributed by atoms with E-state index in [-0.39, 0.29) is 4.90 Å². The van der Waals surface area contributed by atoms with Crippen LogP contribution in [0.3, 0.4) is 0 Å². The van der Waals surface area contributed by atoms with Crippen molar-refractivity contribution in [3.05, 3.63) is 53.6 Å². The summed E-state index contributed by atoms with van der Waals surface area (Å²) in [7, 11) is -2.56. The highest BCUT2D eigenvalue weighted by Crippen LogP contribution is 2.25. The molecule has 4 nitrogen and oxygen atoms in total. The fraction of sp³-hybridized carbons (Fsp3) is 0.143. The summed E-state index contributed by atoms with van der Waals surface area (Å²) in [5.74, 6) is -1.86. The predicted molar refractivity (Wildman–Crippen MR) is 74.9 cm³/mol. The summed E-state index contributed by atoms with van der Waals surface area (Å²) in [5, 5.41) is 0. The van der Waals surface area contributed by atoms with Crippen molar-refractivity contribution < 1.29 is 21.9 Å². The number of anilines is 1. The van der Waals surface area contributed by atoms with E-state index in [9.17, 15) is 17.2 Å². The number of hydrogen-bond acceptors (Lipinski definition) is 3. The minimum atomic E-state index is -4.02. The van der Waals surface area contributed by atoms with Crippen LogP contribution in [0.25, 0.3) is 0 Å². The molecule has 0 radical (unpaired) electrons. The van der Waals surface area contributed by atoms with Crippen molar-refractivity contribution in [2.75, 3.05) is 11.8 Å². The van der Waals surface area contributed by atoms with Crippen molar-refractivity contribution in [2.24, 2.45) is 0 Å². The lowest BCUT2D eigenvalue weighted by molar-refractivity contribution is 0.414. The van der Waals surface area contributed by atoms with Gasteiger partial charge >= 0.3 is 0 Å². The van der Waals surface area contributed by atoms with E-state index in [1.165, 1.54) is 31.4 Å². The molecule has 0 spiro atoms. The minimum Gasteiger partial charge on any atom is -0.497 e. The van der Waals surface area contributed by atoms with Gasteiger partial charge in [-0.1, -0.05) is 6.07 Å². The first kappa shape index (κ1) is 15.2. The summed E-state index contributed by atoms with van der Waals surface area (Å²) in [4.78, 5) is -0.0352. The maximum Gasteiger partial charge on any atom is 0.262 e. The molecule has 0 aliphatic carbocycles. The predicted octanol–water partition coefficient (Wildman–Crippen LogP) is 3.08. The van der Waals surface area contributed by atoms with Crippen LogP contribution in [0.2, 0.25) is 0 Å². The Balaban J connectivity index is 2.41. The molecule has 0 aliphatic heterocycles. The lowest BCUT2D eigenvalue weighted by atomic mass is 10.2.